The molecule has 8 nitrogen and oxygen atoms in total. The number of carboxylic acid groups (broad SMARTS) is 1. The molecule has 1 atom stereocenters. The molecule has 0 bridgehead atoms. The van der Waals surface area contributed by atoms with Gasteiger partial charge in [-0.25, -0.2) is 0 Å². The molecule has 3 rings (SSSR count). The maximum atomic E-state index is 12.4. The molecule has 2 aliphatic rings. The van der Waals surface area contributed by atoms with Gasteiger partial charge >= 0.3 is 5.97 Å². The number of fused-ring (bicyclic) bond motifs is 3. The van der Waals surface area contributed by atoms with E-state index in [1.807, 2.05) is 0 Å². The minimum absolute atomic E-state index is 0.118. The van der Waals surface area contributed by atoms with Gasteiger partial charge in [-0.1, -0.05) is 12.1 Å². The standard InChI is InChI=1S/C13H11N3O5/c17-11(18)6-7-5-10(16(20)21)12-14-8-3-1-2-4-9(8)15(12)13(7)19/h1-4,7,14H,5-6H2,(H,17,18). The van der Waals surface area contributed by atoms with Gasteiger partial charge in [-0.15, -0.1) is 0 Å². The van der Waals surface area contributed by atoms with E-state index >= 15 is 0 Å². The lowest BCUT2D eigenvalue weighted by molar-refractivity contribution is -0.430. The molecule has 0 saturated heterocycles. The number of nitrogens with zero attached hydrogens (tertiary/aromatic N) is 2. The second kappa shape index (κ2) is 4.58. The lowest BCUT2D eigenvalue weighted by atomic mass is 9.94. The van der Waals surface area contributed by atoms with Gasteiger partial charge in [0.15, 0.2) is 5.82 Å². The van der Waals surface area contributed by atoms with E-state index in [9.17, 15) is 19.7 Å². The van der Waals surface area contributed by atoms with Crippen LogP contribution in [0, 0.1) is 16.0 Å². The first kappa shape index (κ1) is 13.1. The lowest BCUT2D eigenvalue weighted by Crippen LogP contribution is -2.41. The summed E-state index contributed by atoms with van der Waals surface area (Å²) in [5.74, 6) is -2.40. The molecule has 0 fully saturated rings. The number of hydrogen-bond donors (Lipinski definition) is 2. The van der Waals surface area contributed by atoms with E-state index in [-0.39, 0.29) is 17.9 Å². The first-order valence-corrected chi connectivity index (χ1v) is 6.28. The second-order valence-electron chi connectivity index (χ2n) is 4.87. The molecule has 2 heterocycles. The number of para-hydroxylation sites is 2. The first-order chi connectivity index (χ1) is 9.99. The first-order valence-electron chi connectivity index (χ1n) is 6.28. The summed E-state index contributed by atoms with van der Waals surface area (Å²) in [5, 5.41) is 22.9. The van der Waals surface area contributed by atoms with E-state index < -0.39 is 29.1 Å². The summed E-state index contributed by atoms with van der Waals surface area (Å²) in [6.07, 6.45) is -0.618. The Hall–Kier alpha value is -2.90. The fourth-order valence-electron chi connectivity index (χ4n) is 2.64. The predicted molar refractivity (Wildman–Crippen MR) is 71.9 cm³/mol. The number of rotatable bonds is 3. The largest absolute Gasteiger partial charge is 0.481 e. The van der Waals surface area contributed by atoms with E-state index in [0.29, 0.717) is 11.4 Å². The molecule has 0 saturated carbocycles. The smallest absolute Gasteiger partial charge is 0.304 e. The van der Waals surface area contributed by atoms with Gasteiger partial charge in [-0.2, -0.15) is 0 Å². The number of allylic oxidation sites excluding steroid dienone is 1. The maximum Gasteiger partial charge on any atom is 0.304 e. The van der Waals surface area contributed by atoms with Crippen LogP contribution in [0.5, 0.6) is 0 Å². The normalized spacial score (nSPS) is 19.9. The zero-order valence-corrected chi connectivity index (χ0v) is 10.8. The van der Waals surface area contributed by atoms with Crippen LogP contribution in [-0.2, 0) is 9.59 Å². The van der Waals surface area contributed by atoms with Gasteiger partial charge < -0.3 is 10.4 Å². The molecule has 0 aromatic heterocycles. The average molecular weight is 289 g/mol. The SMILES string of the molecule is O=C(O)CC1CC([N+](=O)[O-])=C2Nc3ccccc3N2C1=O. The van der Waals surface area contributed by atoms with Crippen molar-refractivity contribution in [2.75, 3.05) is 10.2 Å². The lowest BCUT2D eigenvalue weighted by Gasteiger charge is -2.27. The quantitative estimate of drug-likeness (QED) is 0.642. The van der Waals surface area contributed by atoms with Crippen LogP contribution in [0.3, 0.4) is 0 Å². The van der Waals surface area contributed by atoms with Gasteiger partial charge in [-0.05, 0) is 12.1 Å². The number of carbonyl (C=O) groups is 2. The molecule has 0 spiro atoms. The Morgan fingerprint density at radius 3 is 2.86 bits per heavy atom. The Morgan fingerprint density at radius 2 is 2.19 bits per heavy atom. The summed E-state index contributed by atoms with van der Waals surface area (Å²) >= 11 is 0. The summed E-state index contributed by atoms with van der Waals surface area (Å²) in [6.45, 7) is 0. The van der Waals surface area contributed by atoms with E-state index in [0.717, 1.165) is 0 Å². The van der Waals surface area contributed by atoms with Crippen molar-refractivity contribution >= 4 is 23.3 Å². The summed E-state index contributed by atoms with van der Waals surface area (Å²) in [5.41, 5.74) is 0.931. The molecule has 0 radical (unpaired) electrons. The second-order valence-corrected chi connectivity index (χ2v) is 4.87. The van der Waals surface area contributed by atoms with Crippen LogP contribution in [0.25, 0.3) is 0 Å². The third-order valence-corrected chi connectivity index (χ3v) is 3.55. The van der Waals surface area contributed by atoms with Crippen molar-refractivity contribution in [1.29, 1.82) is 0 Å². The van der Waals surface area contributed by atoms with Gasteiger partial charge in [-0.3, -0.25) is 24.6 Å². The van der Waals surface area contributed by atoms with Crippen molar-refractivity contribution in [3.05, 3.63) is 45.9 Å². The minimum Gasteiger partial charge on any atom is -0.481 e. The summed E-state index contributed by atoms with van der Waals surface area (Å²) in [6, 6.07) is 6.82. The van der Waals surface area contributed by atoms with Crippen molar-refractivity contribution < 1.29 is 19.6 Å². The molecule has 21 heavy (non-hydrogen) atoms. The Labute approximate surface area is 118 Å². The molecule has 2 aliphatic heterocycles. The summed E-state index contributed by atoms with van der Waals surface area (Å²) in [4.78, 5) is 35.1. The number of aliphatic carboxylic acids is 1. The zero-order chi connectivity index (χ0) is 15.1. The molecular weight excluding hydrogens is 278 g/mol. The van der Waals surface area contributed by atoms with Crippen LogP contribution in [0.15, 0.2) is 35.8 Å². The van der Waals surface area contributed by atoms with E-state index in [4.69, 9.17) is 5.11 Å². The fraction of sp³-hybridized carbons (Fsp3) is 0.231. The van der Waals surface area contributed by atoms with Crippen LogP contribution < -0.4 is 10.2 Å². The number of carboxylic acids is 1. The van der Waals surface area contributed by atoms with Gasteiger partial charge in [0.1, 0.15) is 0 Å². The van der Waals surface area contributed by atoms with Crippen molar-refractivity contribution in [3.8, 4) is 0 Å². The van der Waals surface area contributed by atoms with Crippen LogP contribution >= 0.6 is 0 Å². The zero-order valence-electron chi connectivity index (χ0n) is 10.8. The molecule has 1 aromatic rings. The highest BCUT2D eigenvalue weighted by molar-refractivity contribution is 6.06. The maximum absolute atomic E-state index is 12.4. The van der Waals surface area contributed by atoms with Crippen LogP contribution in [0.4, 0.5) is 11.4 Å². The topological polar surface area (TPSA) is 113 Å². The molecule has 8 heteroatoms. The highest BCUT2D eigenvalue weighted by Gasteiger charge is 2.45. The van der Waals surface area contributed by atoms with Crippen LogP contribution in [0.2, 0.25) is 0 Å². The van der Waals surface area contributed by atoms with Crippen molar-refractivity contribution in [1.82, 2.24) is 0 Å². The number of benzene rings is 1. The highest BCUT2D eigenvalue weighted by Crippen LogP contribution is 2.42. The minimum atomic E-state index is -1.15. The number of hydrogen-bond acceptors (Lipinski definition) is 5. The predicted octanol–water partition coefficient (Wildman–Crippen LogP) is 1.39. The van der Waals surface area contributed by atoms with E-state index in [1.54, 1.807) is 24.3 Å². The van der Waals surface area contributed by atoms with Gasteiger partial charge in [0.05, 0.1) is 35.1 Å². The third kappa shape index (κ3) is 2.00. The fourth-order valence-corrected chi connectivity index (χ4v) is 2.64. The Kier molecular flexibility index (Phi) is 2.86. The number of anilines is 2. The Morgan fingerprint density at radius 1 is 1.48 bits per heavy atom. The van der Waals surface area contributed by atoms with Gasteiger partial charge in [0.2, 0.25) is 5.91 Å². The molecule has 2 N–H and O–H groups in total. The number of carbonyl (C=O) groups excluding carboxylic acids is 1. The number of amides is 1. The van der Waals surface area contributed by atoms with Gasteiger partial charge in [0.25, 0.3) is 5.70 Å². The number of nitro groups is 1. The van der Waals surface area contributed by atoms with Crippen LogP contribution in [0.1, 0.15) is 12.8 Å². The number of nitrogens with one attached hydrogen (secondary N) is 1. The molecular formula is C13H11N3O5. The average Bonchev–Trinajstić information content (AvgIpc) is 2.80. The molecule has 0 aliphatic carbocycles. The molecule has 1 unspecified atom stereocenters. The Balaban J connectivity index is 2.10. The summed E-state index contributed by atoms with van der Waals surface area (Å²) < 4.78 is 0. The molecule has 1 amide bonds. The summed E-state index contributed by atoms with van der Waals surface area (Å²) in [7, 11) is 0. The van der Waals surface area contributed by atoms with Crippen molar-refractivity contribution in [3.63, 3.8) is 0 Å². The monoisotopic (exact) mass is 289 g/mol. The molecule has 1 aromatic carbocycles. The highest BCUT2D eigenvalue weighted by atomic mass is 16.6. The third-order valence-electron chi connectivity index (χ3n) is 3.55. The van der Waals surface area contributed by atoms with Crippen molar-refractivity contribution in [2.24, 2.45) is 5.92 Å². The van der Waals surface area contributed by atoms with E-state index in [2.05, 4.69) is 5.32 Å². The Bertz CT molecular complexity index is 697. The van der Waals surface area contributed by atoms with Crippen molar-refractivity contribution in [2.45, 2.75) is 12.8 Å². The van der Waals surface area contributed by atoms with Gasteiger partial charge in [0, 0.05) is 0 Å². The van der Waals surface area contributed by atoms with Crippen LogP contribution in [-0.4, -0.2) is 21.9 Å². The van der Waals surface area contributed by atoms with E-state index in [1.165, 1.54) is 4.90 Å². The molecule has 108 valence electrons.